The van der Waals surface area contributed by atoms with Crippen molar-refractivity contribution >= 4 is 11.7 Å². The molecular weight excluding hydrogens is 228 g/mol. The molecule has 1 heterocycles. The Morgan fingerprint density at radius 1 is 1.50 bits per heavy atom. The monoisotopic (exact) mass is 244 g/mol. The highest BCUT2D eigenvalue weighted by molar-refractivity contribution is 5.94. The molecule has 0 bridgehead atoms. The van der Waals surface area contributed by atoms with Crippen LogP contribution in [0.4, 0.5) is 5.82 Å². The summed E-state index contributed by atoms with van der Waals surface area (Å²) in [4.78, 5) is 11.9. The summed E-state index contributed by atoms with van der Waals surface area (Å²) in [5.41, 5.74) is 8.33. The SMILES string of the molecule is Cc1cccc(C(=O)NCc2cnn(C)c2N)c1. The van der Waals surface area contributed by atoms with Crippen LogP contribution in [-0.4, -0.2) is 15.7 Å². The highest BCUT2D eigenvalue weighted by Gasteiger charge is 2.08. The fourth-order valence-corrected chi connectivity index (χ4v) is 1.69. The van der Waals surface area contributed by atoms with Gasteiger partial charge in [0.05, 0.1) is 6.20 Å². The second-order valence-corrected chi connectivity index (χ2v) is 4.23. The highest BCUT2D eigenvalue weighted by Crippen LogP contribution is 2.09. The second-order valence-electron chi connectivity index (χ2n) is 4.23. The maximum atomic E-state index is 11.9. The highest BCUT2D eigenvalue weighted by atomic mass is 16.1. The Morgan fingerprint density at radius 2 is 2.28 bits per heavy atom. The van der Waals surface area contributed by atoms with Gasteiger partial charge in [0.25, 0.3) is 5.91 Å². The van der Waals surface area contributed by atoms with E-state index in [4.69, 9.17) is 5.73 Å². The first-order valence-corrected chi connectivity index (χ1v) is 5.69. The molecule has 0 aliphatic heterocycles. The van der Waals surface area contributed by atoms with Crippen molar-refractivity contribution in [3.63, 3.8) is 0 Å². The molecule has 0 saturated carbocycles. The zero-order chi connectivity index (χ0) is 13.1. The number of hydrogen-bond acceptors (Lipinski definition) is 3. The molecule has 0 aliphatic rings. The average molecular weight is 244 g/mol. The van der Waals surface area contributed by atoms with Gasteiger partial charge in [-0.2, -0.15) is 5.10 Å². The largest absolute Gasteiger partial charge is 0.384 e. The number of amides is 1. The molecule has 0 aliphatic carbocycles. The van der Waals surface area contributed by atoms with E-state index in [1.807, 2.05) is 25.1 Å². The molecule has 0 spiro atoms. The van der Waals surface area contributed by atoms with Gasteiger partial charge < -0.3 is 11.1 Å². The topological polar surface area (TPSA) is 72.9 Å². The van der Waals surface area contributed by atoms with Crippen molar-refractivity contribution in [1.29, 1.82) is 0 Å². The van der Waals surface area contributed by atoms with Gasteiger partial charge in [0.2, 0.25) is 0 Å². The Labute approximate surface area is 106 Å². The summed E-state index contributed by atoms with van der Waals surface area (Å²) in [7, 11) is 1.77. The molecule has 0 radical (unpaired) electrons. The zero-order valence-electron chi connectivity index (χ0n) is 10.5. The van der Waals surface area contributed by atoms with Gasteiger partial charge >= 0.3 is 0 Å². The first-order valence-electron chi connectivity index (χ1n) is 5.69. The summed E-state index contributed by atoms with van der Waals surface area (Å²) in [6, 6.07) is 7.45. The number of nitrogens with two attached hydrogens (primary N) is 1. The average Bonchev–Trinajstić information content (AvgIpc) is 2.67. The van der Waals surface area contributed by atoms with Crippen LogP contribution < -0.4 is 11.1 Å². The molecule has 0 fully saturated rings. The van der Waals surface area contributed by atoms with E-state index in [0.717, 1.165) is 11.1 Å². The van der Waals surface area contributed by atoms with E-state index < -0.39 is 0 Å². The summed E-state index contributed by atoms with van der Waals surface area (Å²) in [6.45, 7) is 2.34. The minimum atomic E-state index is -0.109. The third-order valence-electron chi connectivity index (χ3n) is 2.78. The summed E-state index contributed by atoms with van der Waals surface area (Å²) >= 11 is 0. The second kappa shape index (κ2) is 4.91. The van der Waals surface area contributed by atoms with Crippen LogP contribution in [0.3, 0.4) is 0 Å². The fraction of sp³-hybridized carbons (Fsp3) is 0.231. The number of nitrogen functional groups attached to an aromatic ring is 1. The normalized spacial score (nSPS) is 10.3. The fourth-order valence-electron chi connectivity index (χ4n) is 1.69. The number of aromatic nitrogens is 2. The third kappa shape index (κ3) is 2.51. The number of carbonyl (C=O) groups is 1. The zero-order valence-corrected chi connectivity index (χ0v) is 10.5. The van der Waals surface area contributed by atoms with Crippen LogP contribution in [0, 0.1) is 6.92 Å². The molecule has 0 atom stereocenters. The van der Waals surface area contributed by atoms with Crippen LogP contribution in [0.5, 0.6) is 0 Å². The molecule has 5 nitrogen and oxygen atoms in total. The smallest absolute Gasteiger partial charge is 0.251 e. The number of carbonyl (C=O) groups excluding carboxylic acids is 1. The van der Waals surface area contributed by atoms with Crippen molar-refractivity contribution in [3.8, 4) is 0 Å². The van der Waals surface area contributed by atoms with Crippen LogP contribution in [0.1, 0.15) is 21.5 Å². The van der Waals surface area contributed by atoms with Crippen molar-refractivity contribution in [1.82, 2.24) is 15.1 Å². The Balaban J connectivity index is 2.03. The minimum Gasteiger partial charge on any atom is -0.384 e. The van der Waals surface area contributed by atoms with Gasteiger partial charge in [0.15, 0.2) is 0 Å². The van der Waals surface area contributed by atoms with Crippen molar-refractivity contribution in [2.24, 2.45) is 7.05 Å². The lowest BCUT2D eigenvalue weighted by Gasteiger charge is -2.05. The molecule has 2 aromatic rings. The van der Waals surface area contributed by atoms with E-state index in [0.29, 0.717) is 17.9 Å². The van der Waals surface area contributed by atoms with Crippen LogP contribution in [0.15, 0.2) is 30.5 Å². The Bertz CT molecular complexity index is 574. The number of hydrogen-bond donors (Lipinski definition) is 2. The lowest BCUT2D eigenvalue weighted by atomic mass is 10.1. The first kappa shape index (κ1) is 12.2. The van der Waals surface area contributed by atoms with Gasteiger partial charge in [0.1, 0.15) is 5.82 Å². The predicted octanol–water partition coefficient (Wildman–Crippen LogP) is 1.24. The molecule has 2 rings (SSSR count). The van der Waals surface area contributed by atoms with Crippen LogP contribution >= 0.6 is 0 Å². The predicted molar refractivity (Wildman–Crippen MR) is 70.0 cm³/mol. The molecule has 1 aromatic carbocycles. The molecule has 18 heavy (non-hydrogen) atoms. The van der Waals surface area contributed by atoms with E-state index in [-0.39, 0.29) is 5.91 Å². The van der Waals surface area contributed by atoms with E-state index in [1.54, 1.807) is 24.0 Å². The van der Waals surface area contributed by atoms with Crippen molar-refractivity contribution in [2.75, 3.05) is 5.73 Å². The summed E-state index contributed by atoms with van der Waals surface area (Å²) in [6.07, 6.45) is 1.66. The maximum Gasteiger partial charge on any atom is 0.251 e. The molecule has 0 saturated heterocycles. The standard InChI is InChI=1S/C13H16N4O/c1-9-4-3-5-10(6-9)13(18)15-7-11-8-16-17(2)12(11)14/h3-6,8H,7,14H2,1-2H3,(H,15,18). The van der Waals surface area contributed by atoms with Gasteiger partial charge in [-0.3, -0.25) is 9.48 Å². The summed E-state index contributed by atoms with van der Waals surface area (Å²) < 4.78 is 1.58. The maximum absolute atomic E-state index is 11.9. The van der Waals surface area contributed by atoms with Gasteiger partial charge in [-0.1, -0.05) is 17.7 Å². The van der Waals surface area contributed by atoms with Gasteiger partial charge in [-0.25, -0.2) is 0 Å². The Morgan fingerprint density at radius 3 is 2.89 bits per heavy atom. The van der Waals surface area contributed by atoms with Gasteiger partial charge in [-0.15, -0.1) is 0 Å². The third-order valence-corrected chi connectivity index (χ3v) is 2.78. The number of nitrogens with one attached hydrogen (secondary N) is 1. The van der Waals surface area contributed by atoms with Crippen LogP contribution in [0.2, 0.25) is 0 Å². The number of benzene rings is 1. The number of nitrogens with zero attached hydrogens (tertiary/aromatic N) is 2. The molecule has 1 amide bonds. The van der Waals surface area contributed by atoms with E-state index in [2.05, 4.69) is 10.4 Å². The number of aryl methyl sites for hydroxylation is 2. The molecular formula is C13H16N4O. The molecule has 94 valence electrons. The molecule has 5 heteroatoms. The number of anilines is 1. The van der Waals surface area contributed by atoms with Gasteiger partial charge in [0, 0.05) is 24.7 Å². The Hall–Kier alpha value is -2.30. The summed E-state index contributed by atoms with van der Waals surface area (Å²) in [5.74, 6) is 0.460. The van der Waals surface area contributed by atoms with E-state index >= 15 is 0 Å². The first-order chi connectivity index (χ1) is 8.58. The lowest BCUT2D eigenvalue weighted by Crippen LogP contribution is -2.23. The van der Waals surface area contributed by atoms with Crippen molar-refractivity contribution < 1.29 is 4.79 Å². The van der Waals surface area contributed by atoms with Crippen molar-refractivity contribution in [2.45, 2.75) is 13.5 Å². The van der Waals surface area contributed by atoms with Gasteiger partial charge in [-0.05, 0) is 19.1 Å². The van der Waals surface area contributed by atoms with E-state index in [1.165, 1.54) is 0 Å². The quantitative estimate of drug-likeness (QED) is 0.853. The van der Waals surface area contributed by atoms with Crippen LogP contribution in [0.25, 0.3) is 0 Å². The number of rotatable bonds is 3. The summed E-state index contributed by atoms with van der Waals surface area (Å²) in [5, 5.41) is 6.85. The van der Waals surface area contributed by atoms with E-state index in [9.17, 15) is 4.79 Å². The molecule has 0 unspecified atom stereocenters. The lowest BCUT2D eigenvalue weighted by molar-refractivity contribution is 0.0951. The molecule has 1 aromatic heterocycles. The van der Waals surface area contributed by atoms with Crippen LogP contribution in [-0.2, 0) is 13.6 Å². The Kier molecular flexibility index (Phi) is 3.32. The van der Waals surface area contributed by atoms with Crippen molar-refractivity contribution in [3.05, 3.63) is 47.2 Å². The minimum absolute atomic E-state index is 0.109. The molecule has 3 N–H and O–H groups in total.